The first-order valence-corrected chi connectivity index (χ1v) is 9.80. The quantitative estimate of drug-likeness (QED) is 0.741. The lowest BCUT2D eigenvalue weighted by Crippen LogP contribution is -2.32. The molecule has 2 N–H and O–H groups in total. The van der Waals surface area contributed by atoms with E-state index in [0.29, 0.717) is 5.75 Å². The third-order valence-corrected chi connectivity index (χ3v) is 5.40. The standard InChI is InChI=1S/C19H24N2O4S/c1-14-9-10-18(25-3)17(13-14)15(2)21-19(22)11-12-20-26(23,24)16-7-5-4-6-8-16/h4-10,13,15,20H,11-12H2,1-3H3,(H,21,22)/t15-/m0/s1. The van der Waals surface area contributed by atoms with Crippen LogP contribution in [0.1, 0.15) is 30.5 Å². The Morgan fingerprint density at radius 1 is 1.15 bits per heavy atom. The average Bonchev–Trinajstić information content (AvgIpc) is 2.62. The number of carbonyl (C=O) groups excluding carboxylic acids is 1. The SMILES string of the molecule is COc1ccc(C)cc1[C@H](C)NC(=O)CCNS(=O)(=O)c1ccccc1. The number of methoxy groups -OCH3 is 1. The molecule has 26 heavy (non-hydrogen) atoms. The van der Waals surface area contributed by atoms with Crippen molar-refractivity contribution in [2.75, 3.05) is 13.7 Å². The van der Waals surface area contributed by atoms with E-state index < -0.39 is 10.0 Å². The number of sulfonamides is 1. The van der Waals surface area contributed by atoms with Crippen LogP contribution < -0.4 is 14.8 Å². The molecule has 0 aliphatic rings. The highest BCUT2D eigenvalue weighted by Crippen LogP contribution is 2.26. The minimum absolute atomic E-state index is 0.0285. The molecule has 0 radical (unpaired) electrons. The maximum absolute atomic E-state index is 12.1. The van der Waals surface area contributed by atoms with Crippen molar-refractivity contribution in [3.8, 4) is 5.75 Å². The van der Waals surface area contributed by atoms with Crippen molar-refractivity contribution in [2.24, 2.45) is 0 Å². The van der Waals surface area contributed by atoms with Gasteiger partial charge in [-0.25, -0.2) is 13.1 Å². The summed E-state index contributed by atoms with van der Waals surface area (Å²) in [6.45, 7) is 3.86. The van der Waals surface area contributed by atoms with Gasteiger partial charge in [-0.05, 0) is 32.0 Å². The summed E-state index contributed by atoms with van der Waals surface area (Å²) in [6, 6.07) is 13.6. The predicted octanol–water partition coefficient (Wildman–Crippen LogP) is 2.55. The van der Waals surface area contributed by atoms with Gasteiger partial charge in [0.15, 0.2) is 0 Å². The predicted molar refractivity (Wildman–Crippen MR) is 101 cm³/mol. The molecule has 0 heterocycles. The Morgan fingerprint density at radius 3 is 2.50 bits per heavy atom. The van der Waals surface area contributed by atoms with Gasteiger partial charge in [0.1, 0.15) is 5.75 Å². The third kappa shape index (κ3) is 5.31. The zero-order valence-electron chi connectivity index (χ0n) is 15.2. The van der Waals surface area contributed by atoms with Gasteiger partial charge in [-0.1, -0.05) is 35.9 Å². The number of nitrogens with one attached hydrogen (secondary N) is 2. The zero-order chi connectivity index (χ0) is 19.2. The number of ether oxygens (including phenoxy) is 1. The summed E-state index contributed by atoms with van der Waals surface area (Å²) in [4.78, 5) is 12.3. The van der Waals surface area contributed by atoms with Crippen LogP contribution in [0, 0.1) is 6.92 Å². The molecule has 0 spiro atoms. The van der Waals surface area contributed by atoms with E-state index in [-0.39, 0.29) is 29.8 Å². The number of carbonyl (C=O) groups is 1. The van der Waals surface area contributed by atoms with E-state index in [1.807, 2.05) is 32.0 Å². The van der Waals surface area contributed by atoms with Gasteiger partial charge >= 0.3 is 0 Å². The van der Waals surface area contributed by atoms with Crippen molar-refractivity contribution < 1.29 is 17.9 Å². The normalized spacial score (nSPS) is 12.4. The lowest BCUT2D eigenvalue weighted by Gasteiger charge is -2.18. The molecular weight excluding hydrogens is 352 g/mol. The van der Waals surface area contributed by atoms with Crippen molar-refractivity contribution in [3.05, 3.63) is 59.7 Å². The lowest BCUT2D eigenvalue weighted by atomic mass is 10.0. The molecule has 0 saturated carbocycles. The summed E-state index contributed by atoms with van der Waals surface area (Å²) in [6.07, 6.45) is 0.0462. The van der Waals surface area contributed by atoms with E-state index in [9.17, 15) is 13.2 Å². The highest BCUT2D eigenvalue weighted by Gasteiger charge is 2.16. The van der Waals surface area contributed by atoms with Crippen molar-refractivity contribution >= 4 is 15.9 Å². The number of aryl methyl sites for hydroxylation is 1. The maximum atomic E-state index is 12.1. The Labute approximate surface area is 154 Å². The Bertz CT molecular complexity index is 851. The fraction of sp³-hybridized carbons (Fsp3) is 0.316. The largest absolute Gasteiger partial charge is 0.496 e. The Balaban J connectivity index is 1.90. The second-order valence-corrected chi connectivity index (χ2v) is 7.76. The first-order chi connectivity index (χ1) is 12.3. The van der Waals surface area contributed by atoms with Crippen LogP contribution >= 0.6 is 0 Å². The summed E-state index contributed by atoms with van der Waals surface area (Å²) in [5.41, 5.74) is 1.95. The van der Waals surface area contributed by atoms with Gasteiger partial charge in [0.05, 0.1) is 18.0 Å². The molecular formula is C19H24N2O4S. The second-order valence-electron chi connectivity index (χ2n) is 6.00. The molecule has 7 heteroatoms. The minimum atomic E-state index is -3.60. The van der Waals surface area contributed by atoms with Crippen LogP contribution in [0.3, 0.4) is 0 Å². The summed E-state index contributed by atoms with van der Waals surface area (Å²) in [5, 5.41) is 2.87. The van der Waals surface area contributed by atoms with Gasteiger partial charge in [0.2, 0.25) is 15.9 Å². The third-order valence-electron chi connectivity index (χ3n) is 3.93. The Hall–Kier alpha value is -2.38. The van der Waals surface area contributed by atoms with Crippen molar-refractivity contribution in [1.82, 2.24) is 10.0 Å². The Kier molecular flexibility index (Phi) is 6.76. The van der Waals surface area contributed by atoms with Crippen LogP contribution in [0.4, 0.5) is 0 Å². The Morgan fingerprint density at radius 2 is 1.85 bits per heavy atom. The fourth-order valence-corrected chi connectivity index (χ4v) is 3.62. The average molecular weight is 376 g/mol. The second kappa shape index (κ2) is 8.82. The molecule has 1 amide bonds. The summed E-state index contributed by atoms with van der Waals surface area (Å²) < 4.78 is 32.0. The minimum Gasteiger partial charge on any atom is -0.496 e. The van der Waals surface area contributed by atoms with Crippen LogP contribution in [0.15, 0.2) is 53.4 Å². The smallest absolute Gasteiger partial charge is 0.240 e. The number of hydrogen-bond acceptors (Lipinski definition) is 4. The van der Waals surface area contributed by atoms with Gasteiger partial charge in [0, 0.05) is 18.5 Å². The maximum Gasteiger partial charge on any atom is 0.240 e. The fourth-order valence-electron chi connectivity index (χ4n) is 2.57. The van der Waals surface area contributed by atoms with Crippen molar-refractivity contribution in [2.45, 2.75) is 31.2 Å². The molecule has 0 fully saturated rings. The van der Waals surface area contributed by atoms with E-state index in [0.717, 1.165) is 11.1 Å². The van der Waals surface area contributed by atoms with Gasteiger partial charge in [-0.2, -0.15) is 0 Å². The molecule has 0 aliphatic heterocycles. The first-order valence-electron chi connectivity index (χ1n) is 8.32. The van der Waals surface area contributed by atoms with E-state index in [1.165, 1.54) is 12.1 Å². The number of hydrogen-bond donors (Lipinski definition) is 2. The van der Waals surface area contributed by atoms with Crippen molar-refractivity contribution in [1.29, 1.82) is 0 Å². The highest BCUT2D eigenvalue weighted by atomic mass is 32.2. The molecule has 0 aliphatic carbocycles. The molecule has 2 aromatic carbocycles. The van der Waals surface area contributed by atoms with Gasteiger partial charge < -0.3 is 10.1 Å². The summed E-state index contributed by atoms with van der Waals surface area (Å²) in [5.74, 6) is 0.463. The first kappa shape index (κ1) is 19.9. The highest BCUT2D eigenvalue weighted by molar-refractivity contribution is 7.89. The molecule has 0 bridgehead atoms. The monoisotopic (exact) mass is 376 g/mol. The molecule has 0 unspecified atom stereocenters. The molecule has 2 rings (SSSR count). The molecule has 0 aromatic heterocycles. The molecule has 1 atom stereocenters. The van der Waals surface area contributed by atoms with Crippen LogP contribution in [0.2, 0.25) is 0 Å². The van der Waals surface area contributed by atoms with Gasteiger partial charge in [-0.15, -0.1) is 0 Å². The number of benzene rings is 2. The molecule has 2 aromatic rings. The molecule has 140 valence electrons. The van der Waals surface area contributed by atoms with Crippen molar-refractivity contribution in [3.63, 3.8) is 0 Å². The van der Waals surface area contributed by atoms with Crippen LogP contribution in [-0.2, 0) is 14.8 Å². The number of amides is 1. The number of rotatable bonds is 8. The summed E-state index contributed by atoms with van der Waals surface area (Å²) in [7, 11) is -2.02. The van der Waals surface area contributed by atoms with Crippen LogP contribution in [0.5, 0.6) is 5.75 Å². The lowest BCUT2D eigenvalue weighted by molar-refractivity contribution is -0.121. The van der Waals surface area contributed by atoms with E-state index in [1.54, 1.807) is 25.3 Å². The van der Waals surface area contributed by atoms with Gasteiger partial charge in [-0.3, -0.25) is 4.79 Å². The molecule has 0 saturated heterocycles. The van der Waals surface area contributed by atoms with Gasteiger partial charge in [0.25, 0.3) is 0 Å². The van der Waals surface area contributed by atoms with Crippen LogP contribution in [0.25, 0.3) is 0 Å². The summed E-state index contributed by atoms with van der Waals surface area (Å²) >= 11 is 0. The van der Waals surface area contributed by atoms with E-state index in [2.05, 4.69) is 10.0 Å². The van der Waals surface area contributed by atoms with E-state index >= 15 is 0 Å². The molecule has 6 nitrogen and oxygen atoms in total. The van der Waals surface area contributed by atoms with Crippen LogP contribution in [-0.4, -0.2) is 28.0 Å². The zero-order valence-corrected chi connectivity index (χ0v) is 16.0. The van der Waals surface area contributed by atoms with E-state index in [4.69, 9.17) is 4.74 Å². The topological polar surface area (TPSA) is 84.5 Å².